The van der Waals surface area contributed by atoms with Gasteiger partial charge in [0.05, 0.1) is 11.5 Å². The summed E-state index contributed by atoms with van der Waals surface area (Å²) in [6.45, 7) is 11.9. The van der Waals surface area contributed by atoms with E-state index >= 15 is 0 Å². The number of aliphatic hydroxyl groups is 1. The van der Waals surface area contributed by atoms with Crippen LogP contribution in [0.5, 0.6) is 0 Å². The number of hydrogen-bond acceptors (Lipinski definition) is 7. The minimum atomic E-state index is -1.66. The molecule has 0 bridgehead atoms. The first-order valence-electron chi connectivity index (χ1n) is 11.2. The van der Waals surface area contributed by atoms with Gasteiger partial charge in [0, 0.05) is 29.4 Å². The Hall–Kier alpha value is -2.41. The summed E-state index contributed by atoms with van der Waals surface area (Å²) < 4.78 is 17.5. The van der Waals surface area contributed by atoms with Gasteiger partial charge in [-0.1, -0.05) is 23.8 Å². The van der Waals surface area contributed by atoms with Gasteiger partial charge in [-0.05, 0) is 54.9 Å². The lowest BCUT2D eigenvalue weighted by Gasteiger charge is -2.35. The first-order valence-corrected chi connectivity index (χ1v) is 11.2. The SMILES string of the molecule is CC=C(C)C(=O)OC1CC(C)(O)C2CC=C(C)C2C2OC(=O)C(C)(OC(=O)C(C)=CC)C12. The number of ether oxygens (including phenoxy) is 3. The van der Waals surface area contributed by atoms with Crippen LogP contribution in [0.25, 0.3) is 0 Å². The van der Waals surface area contributed by atoms with E-state index in [9.17, 15) is 19.5 Å². The standard InChI is InChI=1S/C25H34O7/c1-8-13(3)21(26)30-17-12-24(6,29)16-11-10-15(5)18(16)20-19(17)25(7,23(28)31-20)32-22(27)14(4)9-2/h8-10,16-20,29H,11-12H2,1-7H3. The van der Waals surface area contributed by atoms with Gasteiger partial charge in [-0.15, -0.1) is 0 Å². The van der Waals surface area contributed by atoms with Gasteiger partial charge in [0.1, 0.15) is 12.2 Å². The fourth-order valence-corrected chi connectivity index (χ4v) is 5.32. The van der Waals surface area contributed by atoms with Crippen molar-refractivity contribution in [3.05, 3.63) is 34.9 Å². The summed E-state index contributed by atoms with van der Waals surface area (Å²) in [5, 5.41) is 11.4. The van der Waals surface area contributed by atoms with Gasteiger partial charge in [0.25, 0.3) is 0 Å². The van der Waals surface area contributed by atoms with Gasteiger partial charge < -0.3 is 19.3 Å². The van der Waals surface area contributed by atoms with Crippen LogP contribution in [0.15, 0.2) is 34.9 Å². The van der Waals surface area contributed by atoms with Crippen LogP contribution >= 0.6 is 0 Å². The molecule has 3 aliphatic rings. The lowest BCUT2D eigenvalue weighted by Crippen LogP contribution is -2.51. The Bertz CT molecular complexity index is 909. The summed E-state index contributed by atoms with van der Waals surface area (Å²) in [6.07, 6.45) is 4.46. The third-order valence-corrected chi connectivity index (χ3v) is 7.53. The summed E-state index contributed by atoms with van der Waals surface area (Å²) in [5.41, 5.74) is -1.05. The van der Waals surface area contributed by atoms with Crippen LogP contribution in [0, 0.1) is 17.8 Å². The van der Waals surface area contributed by atoms with Gasteiger partial charge in [-0.25, -0.2) is 14.4 Å². The Morgan fingerprint density at radius 1 is 1.16 bits per heavy atom. The fourth-order valence-electron chi connectivity index (χ4n) is 5.32. The number of carbonyl (C=O) groups excluding carboxylic acids is 3. The highest BCUT2D eigenvalue weighted by molar-refractivity contribution is 5.92. The molecule has 7 unspecified atom stereocenters. The Kier molecular flexibility index (Phi) is 6.44. The molecule has 32 heavy (non-hydrogen) atoms. The van der Waals surface area contributed by atoms with E-state index in [2.05, 4.69) is 6.08 Å². The molecule has 1 saturated carbocycles. The quantitative estimate of drug-likeness (QED) is 0.306. The largest absolute Gasteiger partial charge is 0.458 e. The molecule has 1 N–H and O–H groups in total. The zero-order valence-electron chi connectivity index (χ0n) is 19.9. The van der Waals surface area contributed by atoms with E-state index in [1.807, 2.05) is 6.92 Å². The minimum absolute atomic E-state index is 0.103. The molecular formula is C25H34O7. The first kappa shape index (κ1) is 24.2. The Balaban J connectivity index is 2.11. The molecule has 7 atom stereocenters. The second kappa shape index (κ2) is 8.50. The van der Waals surface area contributed by atoms with Gasteiger partial charge in [0.15, 0.2) is 0 Å². The lowest BCUT2D eigenvalue weighted by atomic mass is 9.75. The molecule has 1 heterocycles. The van der Waals surface area contributed by atoms with Gasteiger partial charge in [0.2, 0.25) is 5.60 Å². The van der Waals surface area contributed by atoms with Crippen LogP contribution in [0.3, 0.4) is 0 Å². The van der Waals surface area contributed by atoms with E-state index in [0.29, 0.717) is 17.6 Å². The zero-order valence-corrected chi connectivity index (χ0v) is 19.9. The average Bonchev–Trinajstić information content (AvgIpc) is 3.20. The van der Waals surface area contributed by atoms with E-state index in [4.69, 9.17) is 14.2 Å². The summed E-state index contributed by atoms with van der Waals surface area (Å²) in [7, 11) is 0. The molecule has 176 valence electrons. The maximum absolute atomic E-state index is 13.1. The monoisotopic (exact) mass is 446 g/mol. The lowest BCUT2D eigenvalue weighted by molar-refractivity contribution is -0.177. The maximum atomic E-state index is 13.1. The molecule has 0 aromatic carbocycles. The Morgan fingerprint density at radius 3 is 2.34 bits per heavy atom. The highest BCUT2D eigenvalue weighted by Crippen LogP contribution is 2.55. The zero-order chi connectivity index (χ0) is 24.0. The molecule has 3 rings (SSSR count). The third kappa shape index (κ3) is 3.91. The van der Waals surface area contributed by atoms with E-state index < -0.39 is 47.2 Å². The Labute approximate surface area is 189 Å². The van der Waals surface area contributed by atoms with Gasteiger partial charge in [-0.2, -0.15) is 0 Å². The molecule has 0 spiro atoms. The molecule has 2 aliphatic carbocycles. The predicted octanol–water partition coefficient (Wildman–Crippen LogP) is 3.41. The van der Waals surface area contributed by atoms with E-state index in [-0.39, 0.29) is 18.3 Å². The van der Waals surface area contributed by atoms with E-state index in [0.717, 1.165) is 5.57 Å². The van der Waals surface area contributed by atoms with Gasteiger partial charge >= 0.3 is 17.9 Å². The van der Waals surface area contributed by atoms with E-state index in [1.165, 1.54) is 6.92 Å². The molecule has 0 radical (unpaired) electrons. The van der Waals surface area contributed by atoms with Crippen LogP contribution in [-0.4, -0.2) is 46.4 Å². The smallest absolute Gasteiger partial charge is 0.351 e. The number of hydrogen-bond donors (Lipinski definition) is 1. The molecule has 1 saturated heterocycles. The van der Waals surface area contributed by atoms with Crippen LogP contribution < -0.4 is 0 Å². The highest BCUT2D eigenvalue weighted by atomic mass is 16.6. The van der Waals surface area contributed by atoms with Crippen LogP contribution in [0.2, 0.25) is 0 Å². The number of fused-ring (bicyclic) bond motifs is 3. The second-order valence-corrected chi connectivity index (χ2v) is 9.66. The molecule has 7 nitrogen and oxygen atoms in total. The number of allylic oxidation sites excluding steroid dienone is 3. The van der Waals surface area contributed by atoms with Crippen molar-refractivity contribution >= 4 is 17.9 Å². The molecule has 1 aliphatic heterocycles. The summed E-state index contributed by atoms with van der Waals surface area (Å²) >= 11 is 0. The molecule has 7 heteroatoms. The molecule has 0 aromatic rings. The first-order chi connectivity index (χ1) is 14.9. The molecule has 0 amide bonds. The van der Waals surface area contributed by atoms with Crippen molar-refractivity contribution in [2.45, 2.75) is 84.7 Å². The van der Waals surface area contributed by atoms with Crippen molar-refractivity contribution in [3.8, 4) is 0 Å². The summed E-state index contributed by atoms with van der Waals surface area (Å²) in [6, 6.07) is 0. The topological polar surface area (TPSA) is 99.1 Å². The number of carbonyl (C=O) groups is 3. The van der Waals surface area contributed by atoms with Crippen molar-refractivity contribution in [1.29, 1.82) is 0 Å². The Morgan fingerprint density at radius 2 is 1.75 bits per heavy atom. The van der Waals surface area contributed by atoms with Crippen LogP contribution in [0.4, 0.5) is 0 Å². The van der Waals surface area contributed by atoms with Crippen LogP contribution in [-0.2, 0) is 28.6 Å². The summed E-state index contributed by atoms with van der Waals surface area (Å²) in [5.74, 6) is -3.05. The average molecular weight is 447 g/mol. The second-order valence-electron chi connectivity index (χ2n) is 9.66. The molecule has 0 aromatic heterocycles. The van der Waals surface area contributed by atoms with Crippen LogP contribution in [0.1, 0.15) is 61.3 Å². The van der Waals surface area contributed by atoms with Crippen molar-refractivity contribution in [2.24, 2.45) is 17.8 Å². The van der Waals surface area contributed by atoms with Crippen molar-refractivity contribution in [1.82, 2.24) is 0 Å². The van der Waals surface area contributed by atoms with Crippen molar-refractivity contribution in [2.75, 3.05) is 0 Å². The van der Waals surface area contributed by atoms with Crippen molar-refractivity contribution in [3.63, 3.8) is 0 Å². The fraction of sp³-hybridized carbons (Fsp3) is 0.640. The predicted molar refractivity (Wildman–Crippen MR) is 117 cm³/mol. The number of rotatable bonds is 4. The minimum Gasteiger partial charge on any atom is -0.458 e. The molecular weight excluding hydrogens is 412 g/mol. The molecule has 2 fully saturated rings. The van der Waals surface area contributed by atoms with E-state index in [1.54, 1.807) is 46.8 Å². The van der Waals surface area contributed by atoms with Crippen molar-refractivity contribution < 1.29 is 33.7 Å². The number of esters is 3. The van der Waals surface area contributed by atoms with Gasteiger partial charge in [-0.3, -0.25) is 0 Å². The maximum Gasteiger partial charge on any atom is 0.351 e. The normalized spacial score (nSPS) is 39.4. The summed E-state index contributed by atoms with van der Waals surface area (Å²) in [4.78, 5) is 38.5. The highest BCUT2D eigenvalue weighted by Gasteiger charge is 2.67. The third-order valence-electron chi connectivity index (χ3n) is 7.53.